The average molecular weight is 286 g/mol. The van der Waals surface area contributed by atoms with Crippen molar-refractivity contribution in [3.63, 3.8) is 0 Å². The fourth-order valence-corrected chi connectivity index (χ4v) is 2.00. The molecule has 0 radical (unpaired) electrons. The van der Waals surface area contributed by atoms with Gasteiger partial charge in [-0.2, -0.15) is 0 Å². The molecule has 4 heteroatoms. The molecule has 0 bridgehead atoms. The number of nitrogens with zero attached hydrogens (tertiary/aromatic N) is 1. The van der Waals surface area contributed by atoms with Gasteiger partial charge >= 0.3 is 5.97 Å². The van der Waals surface area contributed by atoms with Crippen LogP contribution in [0.15, 0.2) is 22.7 Å². The van der Waals surface area contributed by atoms with Crippen LogP contribution in [0.25, 0.3) is 0 Å². The summed E-state index contributed by atoms with van der Waals surface area (Å²) < 4.78 is 0.860. The zero-order valence-electron chi connectivity index (χ0n) is 9.53. The summed E-state index contributed by atoms with van der Waals surface area (Å²) in [4.78, 5) is 13.0. The predicted molar refractivity (Wildman–Crippen MR) is 67.7 cm³/mol. The molecular formula is C12H16BrNO2. The molecule has 0 aliphatic carbocycles. The van der Waals surface area contributed by atoms with Crippen molar-refractivity contribution in [3.8, 4) is 0 Å². The molecule has 0 aliphatic rings. The summed E-state index contributed by atoms with van der Waals surface area (Å²) in [6, 6.07) is 5.17. The van der Waals surface area contributed by atoms with Crippen molar-refractivity contribution in [1.29, 1.82) is 0 Å². The molecule has 16 heavy (non-hydrogen) atoms. The Labute approximate surface area is 104 Å². The summed E-state index contributed by atoms with van der Waals surface area (Å²) in [5.41, 5.74) is 1.43. The molecular weight excluding hydrogens is 270 g/mol. The lowest BCUT2D eigenvalue weighted by Crippen LogP contribution is -2.22. The Morgan fingerprint density at radius 2 is 2.00 bits per heavy atom. The number of benzene rings is 1. The predicted octanol–water partition coefficient (Wildman–Crippen LogP) is 2.99. The first-order valence-electron chi connectivity index (χ1n) is 5.32. The van der Waals surface area contributed by atoms with Crippen LogP contribution in [0, 0.1) is 0 Å². The van der Waals surface area contributed by atoms with E-state index in [1.165, 1.54) is 0 Å². The molecule has 0 saturated heterocycles. The van der Waals surface area contributed by atoms with E-state index in [9.17, 15) is 4.79 Å². The molecule has 0 spiro atoms. The summed E-state index contributed by atoms with van der Waals surface area (Å²) >= 11 is 3.41. The molecule has 0 atom stereocenters. The van der Waals surface area contributed by atoms with Crippen LogP contribution in [0.2, 0.25) is 0 Å². The van der Waals surface area contributed by atoms with Gasteiger partial charge < -0.3 is 5.11 Å². The number of carbonyl (C=O) groups is 1. The first kappa shape index (κ1) is 13.2. The van der Waals surface area contributed by atoms with E-state index in [2.05, 4.69) is 34.7 Å². The Hall–Kier alpha value is -0.870. The monoisotopic (exact) mass is 285 g/mol. The standard InChI is InChI=1S/C12H16BrNO2/c1-3-14(4-2)8-10-6-5-9(12(15)16)7-11(10)13/h5-7H,3-4,8H2,1-2H3,(H,15,16). The van der Waals surface area contributed by atoms with E-state index in [0.717, 1.165) is 29.7 Å². The van der Waals surface area contributed by atoms with E-state index >= 15 is 0 Å². The minimum Gasteiger partial charge on any atom is -0.478 e. The van der Waals surface area contributed by atoms with Crippen molar-refractivity contribution in [2.75, 3.05) is 13.1 Å². The molecule has 0 amide bonds. The van der Waals surface area contributed by atoms with Crippen LogP contribution < -0.4 is 0 Å². The fraction of sp³-hybridized carbons (Fsp3) is 0.417. The molecule has 0 fully saturated rings. The Balaban J connectivity index is 2.86. The van der Waals surface area contributed by atoms with Crippen LogP contribution in [0.5, 0.6) is 0 Å². The molecule has 0 aromatic heterocycles. The molecule has 0 heterocycles. The van der Waals surface area contributed by atoms with Gasteiger partial charge in [0.25, 0.3) is 0 Å². The topological polar surface area (TPSA) is 40.5 Å². The minimum absolute atomic E-state index is 0.315. The summed E-state index contributed by atoms with van der Waals surface area (Å²) in [5, 5.41) is 8.84. The quantitative estimate of drug-likeness (QED) is 0.904. The van der Waals surface area contributed by atoms with Crippen molar-refractivity contribution in [2.24, 2.45) is 0 Å². The third-order valence-corrected chi connectivity index (χ3v) is 3.33. The van der Waals surface area contributed by atoms with Crippen molar-refractivity contribution < 1.29 is 9.90 Å². The van der Waals surface area contributed by atoms with Gasteiger partial charge in [0.2, 0.25) is 0 Å². The third kappa shape index (κ3) is 3.32. The highest BCUT2D eigenvalue weighted by Gasteiger charge is 2.08. The third-order valence-electron chi connectivity index (χ3n) is 2.59. The molecule has 0 saturated carbocycles. The minimum atomic E-state index is -0.893. The summed E-state index contributed by atoms with van der Waals surface area (Å²) in [7, 11) is 0. The van der Waals surface area contributed by atoms with Crippen molar-refractivity contribution >= 4 is 21.9 Å². The molecule has 3 nitrogen and oxygen atoms in total. The van der Waals surface area contributed by atoms with E-state index in [1.54, 1.807) is 12.1 Å². The summed E-state index contributed by atoms with van der Waals surface area (Å²) in [6.07, 6.45) is 0. The number of rotatable bonds is 5. The van der Waals surface area contributed by atoms with E-state index < -0.39 is 5.97 Å². The van der Waals surface area contributed by atoms with Gasteiger partial charge in [0.05, 0.1) is 5.56 Å². The highest BCUT2D eigenvalue weighted by molar-refractivity contribution is 9.10. The van der Waals surface area contributed by atoms with Crippen LogP contribution in [-0.2, 0) is 6.54 Å². The maximum Gasteiger partial charge on any atom is 0.335 e. The molecule has 0 unspecified atom stereocenters. The van der Waals surface area contributed by atoms with Gasteiger partial charge in [-0.1, -0.05) is 35.8 Å². The maximum atomic E-state index is 10.8. The van der Waals surface area contributed by atoms with Gasteiger partial charge in [0.1, 0.15) is 0 Å². The fourth-order valence-electron chi connectivity index (χ4n) is 1.50. The first-order chi connectivity index (χ1) is 7.58. The van der Waals surface area contributed by atoms with Crippen LogP contribution >= 0.6 is 15.9 Å². The maximum absolute atomic E-state index is 10.8. The lowest BCUT2D eigenvalue weighted by atomic mass is 10.1. The van der Waals surface area contributed by atoms with Crippen LogP contribution in [0.1, 0.15) is 29.8 Å². The number of carboxylic acid groups (broad SMARTS) is 1. The second-order valence-corrected chi connectivity index (χ2v) is 4.43. The zero-order valence-corrected chi connectivity index (χ0v) is 11.1. The van der Waals surface area contributed by atoms with E-state index in [-0.39, 0.29) is 0 Å². The number of aromatic carboxylic acids is 1. The Morgan fingerprint density at radius 1 is 1.38 bits per heavy atom. The molecule has 0 aliphatic heterocycles. The molecule has 1 aromatic carbocycles. The second-order valence-electron chi connectivity index (χ2n) is 3.57. The van der Waals surface area contributed by atoms with Gasteiger partial charge in [0, 0.05) is 11.0 Å². The smallest absolute Gasteiger partial charge is 0.335 e. The lowest BCUT2D eigenvalue weighted by molar-refractivity contribution is 0.0697. The average Bonchev–Trinajstić information content (AvgIpc) is 2.27. The van der Waals surface area contributed by atoms with E-state index in [4.69, 9.17) is 5.11 Å². The van der Waals surface area contributed by atoms with Gasteiger partial charge in [-0.15, -0.1) is 0 Å². The number of hydrogen-bond donors (Lipinski definition) is 1. The summed E-state index contributed by atoms with van der Waals surface area (Å²) in [6.45, 7) is 7.05. The number of hydrogen-bond acceptors (Lipinski definition) is 2. The van der Waals surface area contributed by atoms with Gasteiger partial charge in [-0.05, 0) is 30.8 Å². The Bertz CT molecular complexity index is 375. The molecule has 1 rings (SSSR count). The lowest BCUT2D eigenvalue weighted by Gasteiger charge is -2.18. The van der Waals surface area contributed by atoms with E-state index in [0.29, 0.717) is 5.56 Å². The first-order valence-corrected chi connectivity index (χ1v) is 6.11. The van der Waals surface area contributed by atoms with Gasteiger partial charge in [-0.3, -0.25) is 4.90 Å². The summed E-state index contributed by atoms with van der Waals surface area (Å²) in [5.74, 6) is -0.893. The van der Waals surface area contributed by atoms with Crippen molar-refractivity contribution in [3.05, 3.63) is 33.8 Å². The second kappa shape index (κ2) is 6.01. The number of halogens is 1. The van der Waals surface area contributed by atoms with Crippen LogP contribution in [-0.4, -0.2) is 29.1 Å². The highest BCUT2D eigenvalue weighted by atomic mass is 79.9. The SMILES string of the molecule is CCN(CC)Cc1ccc(C(=O)O)cc1Br. The Kier molecular flexibility index (Phi) is 4.96. The molecule has 1 N–H and O–H groups in total. The molecule has 88 valence electrons. The van der Waals surface area contributed by atoms with Crippen LogP contribution in [0.3, 0.4) is 0 Å². The van der Waals surface area contributed by atoms with Crippen molar-refractivity contribution in [1.82, 2.24) is 4.90 Å². The zero-order chi connectivity index (χ0) is 12.1. The van der Waals surface area contributed by atoms with E-state index in [1.807, 2.05) is 6.07 Å². The Morgan fingerprint density at radius 3 is 2.44 bits per heavy atom. The van der Waals surface area contributed by atoms with Crippen molar-refractivity contribution in [2.45, 2.75) is 20.4 Å². The highest BCUT2D eigenvalue weighted by Crippen LogP contribution is 2.20. The molecule has 1 aromatic rings. The van der Waals surface area contributed by atoms with Gasteiger partial charge in [-0.25, -0.2) is 4.79 Å². The number of carboxylic acids is 1. The van der Waals surface area contributed by atoms with Gasteiger partial charge in [0.15, 0.2) is 0 Å². The largest absolute Gasteiger partial charge is 0.478 e. The normalized spacial score (nSPS) is 10.8. The van der Waals surface area contributed by atoms with Crippen LogP contribution in [0.4, 0.5) is 0 Å².